The van der Waals surface area contributed by atoms with Gasteiger partial charge in [-0.3, -0.25) is 9.36 Å². The van der Waals surface area contributed by atoms with Gasteiger partial charge in [0.25, 0.3) is 0 Å². The zero-order chi connectivity index (χ0) is 14.7. The number of phenolic OH excluding ortho intramolecular Hbond substituents is 1. The summed E-state index contributed by atoms with van der Waals surface area (Å²) >= 11 is 4.33. The van der Waals surface area contributed by atoms with E-state index in [9.17, 15) is 14.7 Å². The predicted molar refractivity (Wildman–Crippen MR) is 79.4 cm³/mol. The molecule has 0 fully saturated rings. The molecule has 1 aromatic heterocycles. The number of nitrogens with zero attached hydrogens (tertiary/aromatic N) is 1. The summed E-state index contributed by atoms with van der Waals surface area (Å²) in [6.45, 7) is 2.19. The van der Waals surface area contributed by atoms with Crippen LogP contribution in [0.3, 0.4) is 0 Å². The number of aromatic hydroxyl groups is 1. The highest BCUT2D eigenvalue weighted by Gasteiger charge is 2.13. The summed E-state index contributed by atoms with van der Waals surface area (Å²) in [5.74, 6) is -0.758. The van der Waals surface area contributed by atoms with Gasteiger partial charge in [0.2, 0.25) is 0 Å². The Labute approximate surface area is 127 Å². The number of benzene rings is 1. The van der Waals surface area contributed by atoms with Crippen LogP contribution in [0.15, 0.2) is 32.8 Å². The van der Waals surface area contributed by atoms with Crippen LogP contribution >= 0.6 is 27.3 Å². The van der Waals surface area contributed by atoms with Crippen LogP contribution in [0.1, 0.15) is 16.1 Å². The highest BCUT2D eigenvalue weighted by atomic mass is 79.9. The molecule has 2 rings (SSSR count). The summed E-state index contributed by atoms with van der Waals surface area (Å²) < 4.78 is 7.29. The van der Waals surface area contributed by atoms with E-state index in [0.29, 0.717) is 11.0 Å². The normalized spacial score (nSPS) is 10.5. The van der Waals surface area contributed by atoms with E-state index < -0.39 is 5.97 Å². The van der Waals surface area contributed by atoms with E-state index in [4.69, 9.17) is 4.74 Å². The van der Waals surface area contributed by atoms with Crippen molar-refractivity contribution in [3.8, 4) is 5.75 Å². The minimum absolute atomic E-state index is 0.0717. The summed E-state index contributed by atoms with van der Waals surface area (Å²) in [6, 6.07) is 4.52. The fraction of sp³-hybridized carbons (Fsp3) is 0.231. The number of hydrogen-bond acceptors (Lipinski definition) is 5. The molecule has 0 unspecified atom stereocenters. The van der Waals surface area contributed by atoms with Gasteiger partial charge in [-0.2, -0.15) is 0 Å². The summed E-state index contributed by atoms with van der Waals surface area (Å²) in [4.78, 5) is 23.2. The second-order valence-corrected chi connectivity index (χ2v) is 5.83. The number of halogens is 1. The first-order chi connectivity index (χ1) is 9.49. The van der Waals surface area contributed by atoms with Crippen LogP contribution in [-0.4, -0.2) is 22.2 Å². The average molecular weight is 358 g/mol. The lowest BCUT2D eigenvalue weighted by Crippen LogP contribution is -2.19. The molecule has 1 heterocycles. The first kappa shape index (κ1) is 14.8. The molecule has 0 spiro atoms. The maximum absolute atomic E-state index is 11.8. The fourth-order valence-electron chi connectivity index (χ4n) is 1.65. The van der Waals surface area contributed by atoms with Crippen molar-refractivity contribution in [3.63, 3.8) is 0 Å². The third-order valence-corrected chi connectivity index (χ3v) is 4.08. The summed E-state index contributed by atoms with van der Waals surface area (Å²) in [7, 11) is 0. The zero-order valence-electron chi connectivity index (χ0n) is 10.6. The quantitative estimate of drug-likeness (QED) is 0.853. The Morgan fingerprint density at radius 1 is 1.50 bits per heavy atom. The van der Waals surface area contributed by atoms with Crippen molar-refractivity contribution >= 4 is 33.2 Å². The molecule has 106 valence electrons. The number of esters is 1. The third-order valence-electron chi connectivity index (χ3n) is 2.70. The van der Waals surface area contributed by atoms with Crippen molar-refractivity contribution in [2.24, 2.45) is 0 Å². The number of carbonyl (C=O) groups is 1. The molecule has 0 radical (unpaired) electrons. The molecule has 0 saturated carbocycles. The predicted octanol–water partition coefficient (Wildman–Crippen LogP) is 2.54. The maximum atomic E-state index is 11.8. The lowest BCUT2D eigenvalue weighted by atomic mass is 10.2. The topological polar surface area (TPSA) is 68.5 Å². The monoisotopic (exact) mass is 357 g/mol. The Hall–Kier alpha value is -1.60. The zero-order valence-corrected chi connectivity index (χ0v) is 13.0. The number of aryl methyl sites for hydroxylation is 1. The largest absolute Gasteiger partial charge is 0.507 e. The molecular formula is C13H12BrNO4S. The van der Waals surface area contributed by atoms with Crippen molar-refractivity contribution in [1.82, 2.24) is 4.57 Å². The van der Waals surface area contributed by atoms with Gasteiger partial charge < -0.3 is 9.84 Å². The third kappa shape index (κ3) is 3.29. The second-order valence-electron chi connectivity index (χ2n) is 4.09. The van der Waals surface area contributed by atoms with Gasteiger partial charge in [0.05, 0.1) is 6.54 Å². The number of phenols is 1. The van der Waals surface area contributed by atoms with E-state index in [1.807, 2.05) is 6.92 Å². The van der Waals surface area contributed by atoms with E-state index in [2.05, 4.69) is 15.9 Å². The molecule has 0 bridgehead atoms. The van der Waals surface area contributed by atoms with Gasteiger partial charge in [-0.1, -0.05) is 27.3 Å². The van der Waals surface area contributed by atoms with E-state index in [-0.39, 0.29) is 22.8 Å². The Morgan fingerprint density at radius 2 is 2.25 bits per heavy atom. The Balaban J connectivity index is 1.99. The van der Waals surface area contributed by atoms with Crippen molar-refractivity contribution in [3.05, 3.63) is 49.0 Å². The number of ether oxygens (including phenoxy) is 1. The average Bonchev–Trinajstić information content (AvgIpc) is 2.73. The number of aromatic nitrogens is 1. The van der Waals surface area contributed by atoms with Crippen molar-refractivity contribution < 1.29 is 14.6 Å². The van der Waals surface area contributed by atoms with Crippen LogP contribution < -0.4 is 4.87 Å². The molecule has 0 saturated heterocycles. The fourth-order valence-corrected chi connectivity index (χ4v) is 2.78. The smallest absolute Gasteiger partial charge is 0.342 e. The van der Waals surface area contributed by atoms with Crippen LogP contribution in [-0.2, 0) is 11.3 Å². The Kier molecular flexibility index (Phi) is 4.61. The number of rotatable bonds is 4. The van der Waals surface area contributed by atoms with E-state index in [1.54, 1.807) is 16.0 Å². The molecule has 1 N–H and O–H groups in total. The SMILES string of the molecule is Cc1csc(=O)n1CCOC(=O)c1cc(Br)ccc1O. The minimum Gasteiger partial charge on any atom is -0.507 e. The molecule has 0 aliphatic heterocycles. The van der Waals surface area contributed by atoms with Gasteiger partial charge in [-0.05, 0) is 25.1 Å². The van der Waals surface area contributed by atoms with Gasteiger partial charge in [-0.15, -0.1) is 0 Å². The van der Waals surface area contributed by atoms with Crippen molar-refractivity contribution in [2.75, 3.05) is 6.61 Å². The Bertz CT molecular complexity index is 692. The first-order valence-electron chi connectivity index (χ1n) is 5.79. The van der Waals surface area contributed by atoms with E-state index in [0.717, 1.165) is 17.0 Å². The van der Waals surface area contributed by atoms with Crippen LogP contribution in [0.5, 0.6) is 5.75 Å². The Morgan fingerprint density at radius 3 is 2.90 bits per heavy atom. The molecular weight excluding hydrogens is 346 g/mol. The van der Waals surface area contributed by atoms with Crippen LogP contribution in [0.4, 0.5) is 0 Å². The lowest BCUT2D eigenvalue weighted by Gasteiger charge is -2.08. The molecule has 20 heavy (non-hydrogen) atoms. The molecule has 0 atom stereocenters. The standard InChI is InChI=1S/C13H12BrNO4S/c1-8-7-20-13(18)15(8)4-5-19-12(17)10-6-9(14)2-3-11(10)16/h2-3,6-7,16H,4-5H2,1H3. The van der Waals surface area contributed by atoms with Crippen LogP contribution in [0, 0.1) is 6.92 Å². The highest BCUT2D eigenvalue weighted by Crippen LogP contribution is 2.22. The number of thiazole rings is 1. The summed E-state index contributed by atoms with van der Waals surface area (Å²) in [6.07, 6.45) is 0. The summed E-state index contributed by atoms with van der Waals surface area (Å²) in [5, 5.41) is 11.4. The summed E-state index contributed by atoms with van der Waals surface area (Å²) in [5.41, 5.74) is 0.926. The number of carbonyl (C=O) groups excluding carboxylic acids is 1. The van der Waals surface area contributed by atoms with Gasteiger partial charge in [-0.25, -0.2) is 4.79 Å². The van der Waals surface area contributed by atoms with Crippen LogP contribution in [0.25, 0.3) is 0 Å². The lowest BCUT2D eigenvalue weighted by molar-refractivity contribution is 0.0487. The second kappa shape index (κ2) is 6.23. The molecule has 2 aromatic rings. The van der Waals surface area contributed by atoms with Gasteiger partial charge in [0.1, 0.15) is 17.9 Å². The molecule has 0 aliphatic carbocycles. The van der Waals surface area contributed by atoms with Gasteiger partial charge in [0.15, 0.2) is 0 Å². The molecule has 0 aliphatic rings. The maximum Gasteiger partial charge on any atom is 0.342 e. The molecule has 1 aromatic carbocycles. The van der Waals surface area contributed by atoms with E-state index in [1.165, 1.54) is 12.1 Å². The van der Waals surface area contributed by atoms with E-state index >= 15 is 0 Å². The molecule has 5 nitrogen and oxygen atoms in total. The van der Waals surface area contributed by atoms with Crippen molar-refractivity contribution in [1.29, 1.82) is 0 Å². The van der Waals surface area contributed by atoms with Gasteiger partial charge >= 0.3 is 10.8 Å². The van der Waals surface area contributed by atoms with Gasteiger partial charge in [0, 0.05) is 15.5 Å². The first-order valence-corrected chi connectivity index (χ1v) is 7.47. The molecule has 0 amide bonds. The molecule has 7 heteroatoms. The minimum atomic E-state index is -0.621. The number of hydrogen-bond donors (Lipinski definition) is 1. The highest BCUT2D eigenvalue weighted by molar-refractivity contribution is 9.10. The van der Waals surface area contributed by atoms with Crippen LogP contribution in [0.2, 0.25) is 0 Å². The van der Waals surface area contributed by atoms with Crippen molar-refractivity contribution in [2.45, 2.75) is 13.5 Å².